The summed E-state index contributed by atoms with van der Waals surface area (Å²) in [5.74, 6) is 1.09. The van der Waals surface area contributed by atoms with Gasteiger partial charge in [-0.15, -0.1) is 5.10 Å². The standard InChI is InChI=1S/C17H24BrN5O2/c1-17(2,3)11-4-5-12(22(10-11)16(24)25)8-19-14-6-7-15-20-9-13(18)23(15)21-14/h6-7,9,11-12H,4-5,8,10H2,1-3H3,(H,19,21)(H,24,25). The molecule has 136 valence electrons. The molecule has 0 saturated carbocycles. The Kier molecular flexibility index (Phi) is 4.90. The summed E-state index contributed by atoms with van der Waals surface area (Å²) in [6.07, 6.45) is 2.75. The van der Waals surface area contributed by atoms with Crippen LogP contribution in [0.3, 0.4) is 0 Å². The molecular formula is C17H24BrN5O2. The molecule has 1 amide bonds. The number of anilines is 1. The van der Waals surface area contributed by atoms with Crippen LogP contribution >= 0.6 is 15.9 Å². The maximum Gasteiger partial charge on any atom is 0.407 e. The molecule has 0 aliphatic carbocycles. The van der Waals surface area contributed by atoms with Crippen LogP contribution in [0.1, 0.15) is 33.6 Å². The fourth-order valence-corrected chi connectivity index (χ4v) is 3.71. The zero-order valence-electron chi connectivity index (χ0n) is 14.7. The largest absolute Gasteiger partial charge is 0.465 e. The molecule has 8 heteroatoms. The second kappa shape index (κ2) is 6.82. The Morgan fingerprint density at radius 1 is 1.40 bits per heavy atom. The summed E-state index contributed by atoms with van der Waals surface area (Å²) in [6, 6.07) is 3.70. The molecule has 2 unspecified atom stereocenters. The molecule has 0 radical (unpaired) electrons. The van der Waals surface area contributed by atoms with E-state index in [4.69, 9.17) is 0 Å². The van der Waals surface area contributed by atoms with Crippen LogP contribution in [0.15, 0.2) is 22.9 Å². The molecule has 1 fully saturated rings. The normalized spacial score (nSPS) is 21.5. The average molecular weight is 410 g/mol. The Balaban J connectivity index is 1.68. The Labute approximate surface area is 155 Å². The van der Waals surface area contributed by atoms with Crippen molar-refractivity contribution in [2.75, 3.05) is 18.4 Å². The van der Waals surface area contributed by atoms with Crippen molar-refractivity contribution in [3.8, 4) is 0 Å². The Morgan fingerprint density at radius 2 is 2.16 bits per heavy atom. The van der Waals surface area contributed by atoms with Crippen molar-refractivity contribution in [2.45, 2.75) is 39.7 Å². The van der Waals surface area contributed by atoms with Crippen LogP contribution in [0, 0.1) is 11.3 Å². The maximum atomic E-state index is 11.7. The number of nitrogens with zero attached hydrogens (tertiary/aromatic N) is 4. The summed E-state index contributed by atoms with van der Waals surface area (Å²) < 4.78 is 2.48. The maximum absolute atomic E-state index is 11.7. The van der Waals surface area contributed by atoms with Gasteiger partial charge in [-0.1, -0.05) is 20.8 Å². The lowest BCUT2D eigenvalue weighted by Gasteiger charge is -2.43. The first-order valence-corrected chi connectivity index (χ1v) is 9.28. The molecule has 1 aliphatic heterocycles. The Morgan fingerprint density at radius 3 is 2.84 bits per heavy atom. The number of nitrogens with one attached hydrogen (secondary N) is 1. The molecule has 25 heavy (non-hydrogen) atoms. The first kappa shape index (κ1) is 18.0. The fourth-order valence-electron chi connectivity index (χ4n) is 3.34. The van der Waals surface area contributed by atoms with Gasteiger partial charge < -0.3 is 15.3 Å². The number of carboxylic acid groups (broad SMARTS) is 1. The number of imidazole rings is 1. The van der Waals surface area contributed by atoms with E-state index in [-0.39, 0.29) is 11.5 Å². The molecule has 0 spiro atoms. The molecule has 0 aromatic carbocycles. The second-order valence-corrected chi connectivity index (χ2v) is 8.49. The number of fused-ring (bicyclic) bond motifs is 1. The van der Waals surface area contributed by atoms with Gasteiger partial charge in [-0.3, -0.25) is 0 Å². The van der Waals surface area contributed by atoms with Gasteiger partial charge >= 0.3 is 6.09 Å². The number of likely N-dealkylation sites (tertiary alicyclic amines) is 1. The number of hydrogen-bond donors (Lipinski definition) is 2. The van der Waals surface area contributed by atoms with Crippen molar-refractivity contribution in [1.82, 2.24) is 19.5 Å². The molecule has 7 nitrogen and oxygen atoms in total. The van der Waals surface area contributed by atoms with Gasteiger partial charge in [0.05, 0.1) is 12.2 Å². The van der Waals surface area contributed by atoms with Gasteiger partial charge in [0.1, 0.15) is 10.4 Å². The van der Waals surface area contributed by atoms with Crippen LogP contribution in [0.25, 0.3) is 5.65 Å². The lowest BCUT2D eigenvalue weighted by molar-refractivity contribution is 0.0575. The first-order chi connectivity index (χ1) is 11.8. The highest BCUT2D eigenvalue weighted by atomic mass is 79.9. The SMILES string of the molecule is CC(C)(C)C1CCC(CNc2ccc3ncc(Br)n3n2)N(C(=O)O)C1. The summed E-state index contributed by atoms with van der Waals surface area (Å²) in [6.45, 7) is 7.67. The zero-order valence-corrected chi connectivity index (χ0v) is 16.3. The minimum atomic E-state index is -0.846. The minimum Gasteiger partial charge on any atom is -0.465 e. The van der Waals surface area contributed by atoms with Crippen molar-refractivity contribution in [3.63, 3.8) is 0 Å². The molecule has 2 atom stereocenters. The van der Waals surface area contributed by atoms with E-state index in [9.17, 15) is 9.90 Å². The van der Waals surface area contributed by atoms with Crippen molar-refractivity contribution < 1.29 is 9.90 Å². The third-order valence-corrected chi connectivity index (χ3v) is 5.56. The number of hydrogen-bond acceptors (Lipinski definition) is 4. The first-order valence-electron chi connectivity index (χ1n) is 8.49. The number of halogens is 1. The van der Waals surface area contributed by atoms with E-state index < -0.39 is 6.09 Å². The molecule has 0 bridgehead atoms. The predicted molar refractivity (Wildman–Crippen MR) is 99.9 cm³/mol. The van der Waals surface area contributed by atoms with E-state index in [1.54, 1.807) is 15.6 Å². The second-order valence-electron chi connectivity index (χ2n) is 7.68. The number of rotatable bonds is 3. The van der Waals surface area contributed by atoms with Crippen molar-refractivity contribution in [3.05, 3.63) is 22.9 Å². The van der Waals surface area contributed by atoms with Crippen LogP contribution in [0.5, 0.6) is 0 Å². The number of amides is 1. The van der Waals surface area contributed by atoms with E-state index >= 15 is 0 Å². The minimum absolute atomic E-state index is 0.0418. The number of aromatic nitrogens is 3. The van der Waals surface area contributed by atoms with E-state index in [0.717, 1.165) is 23.1 Å². The van der Waals surface area contributed by atoms with Crippen LogP contribution in [0.2, 0.25) is 0 Å². The van der Waals surface area contributed by atoms with Gasteiger partial charge in [0, 0.05) is 13.1 Å². The van der Waals surface area contributed by atoms with E-state index in [0.29, 0.717) is 24.8 Å². The highest BCUT2D eigenvalue weighted by molar-refractivity contribution is 9.10. The van der Waals surface area contributed by atoms with E-state index in [1.165, 1.54) is 0 Å². The lowest BCUT2D eigenvalue weighted by atomic mass is 9.75. The van der Waals surface area contributed by atoms with Crippen molar-refractivity contribution in [2.24, 2.45) is 11.3 Å². The van der Waals surface area contributed by atoms with Crippen LogP contribution in [-0.2, 0) is 0 Å². The number of carbonyl (C=O) groups is 1. The highest BCUT2D eigenvalue weighted by Crippen LogP contribution is 2.35. The molecule has 3 heterocycles. The number of piperidine rings is 1. The monoisotopic (exact) mass is 409 g/mol. The lowest BCUT2D eigenvalue weighted by Crippen LogP contribution is -2.51. The molecule has 2 aromatic heterocycles. The zero-order chi connectivity index (χ0) is 18.2. The summed E-state index contributed by atoms with van der Waals surface area (Å²) in [4.78, 5) is 17.5. The van der Waals surface area contributed by atoms with E-state index in [1.807, 2.05) is 12.1 Å². The Bertz CT molecular complexity index is 770. The smallest absolute Gasteiger partial charge is 0.407 e. The van der Waals surface area contributed by atoms with Gasteiger partial charge in [0.25, 0.3) is 0 Å². The summed E-state index contributed by atoms with van der Waals surface area (Å²) in [7, 11) is 0. The molecule has 1 saturated heterocycles. The van der Waals surface area contributed by atoms with Crippen molar-refractivity contribution >= 4 is 33.5 Å². The fraction of sp³-hybridized carbons (Fsp3) is 0.588. The molecule has 2 aromatic rings. The van der Waals surface area contributed by atoms with Crippen LogP contribution in [-0.4, -0.2) is 49.8 Å². The molecule has 2 N–H and O–H groups in total. The summed E-state index contributed by atoms with van der Waals surface area (Å²) in [5, 5.41) is 17.4. The van der Waals surface area contributed by atoms with Gasteiger partial charge in [-0.2, -0.15) is 0 Å². The van der Waals surface area contributed by atoms with Gasteiger partial charge in [-0.25, -0.2) is 14.3 Å². The van der Waals surface area contributed by atoms with Gasteiger partial charge in [0.2, 0.25) is 0 Å². The van der Waals surface area contributed by atoms with Gasteiger partial charge in [-0.05, 0) is 52.2 Å². The van der Waals surface area contributed by atoms with Crippen LogP contribution < -0.4 is 5.32 Å². The predicted octanol–water partition coefficient (Wildman–Crippen LogP) is 3.71. The molecule has 1 aliphatic rings. The van der Waals surface area contributed by atoms with Crippen molar-refractivity contribution in [1.29, 1.82) is 0 Å². The molecule has 3 rings (SSSR count). The third kappa shape index (κ3) is 3.89. The topological polar surface area (TPSA) is 82.8 Å². The Hall–Kier alpha value is -1.83. The van der Waals surface area contributed by atoms with Crippen LogP contribution in [0.4, 0.5) is 10.6 Å². The molecular weight excluding hydrogens is 386 g/mol. The summed E-state index contributed by atoms with van der Waals surface area (Å²) >= 11 is 3.41. The average Bonchev–Trinajstić information content (AvgIpc) is 2.92. The third-order valence-electron chi connectivity index (χ3n) is 5.02. The summed E-state index contributed by atoms with van der Waals surface area (Å²) in [5.41, 5.74) is 0.877. The quantitative estimate of drug-likeness (QED) is 0.806. The van der Waals surface area contributed by atoms with E-state index in [2.05, 4.69) is 52.1 Å². The highest BCUT2D eigenvalue weighted by Gasteiger charge is 2.36. The van der Waals surface area contributed by atoms with Gasteiger partial charge in [0.15, 0.2) is 5.65 Å².